The Balaban J connectivity index is 1.84. The molecule has 0 aliphatic carbocycles. The van der Waals surface area contributed by atoms with Crippen LogP contribution in [0.25, 0.3) is 6.08 Å². The fourth-order valence-corrected chi connectivity index (χ4v) is 3.65. The molecular weight excluding hydrogens is 387 g/mol. The van der Waals surface area contributed by atoms with Gasteiger partial charge in [-0.2, -0.15) is 0 Å². The number of ketones is 1. The van der Waals surface area contributed by atoms with Gasteiger partial charge in [0.15, 0.2) is 5.78 Å². The fraction of sp³-hybridized carbons (Fsp3) is 0.250. The number of nitro groups is 1. The lowest BCUT2D eigenvalue weighted by Crippen LogP contribution is -2.29. The van der Waals surface area contributed by atoms with E-state index in [9.17, 15) is 14.9 Å². The number of hydrogen-bond donors (Lipinski definition) is 0. The molecule has 7 heteroatoms. The molecule has 0 radical (unpaired) electrons. The highest BCUT2D eigenvalue weighted by atomic mass is 35.5. The summed E-state index contributed by atoms with van der Waals surface area (Å²) < 4.78 is 0. The lowest BCUT2D eigenvalue weighted by atomic mass is 10.1. The van der Waals surface area contributed by atoms with Crippen molar-refractivity contribution < 1.29 is 9.72 Å². The molecule has 0 unspecified atom stereocenters. The van der Waals surface area contributed by atoms with Crippen molar-refractivity contribution in [2.75, 3.05) is 18.0 Å². The third-order valence-electron chi connectivity index (χ3n) is 4.52. The molecule has 1 fully saturated rings. The minimum atomic E-state index is -0.376. The average molecular weight is 405 g/mol. The van der Waals surface area contributed by atoms with Crippen molar-refractivity contribution in [3.05, 3.63) is 73.8 Å². The molecule has 1 aliphatic heterocycles. The van der Waals surface area contributed by atoms with Crippen LogP contribution < -0.4 is 4.90 Å². The molecule has 2 aromatic rings. The summed E-state index contributed by atoms with van der Waals surface area (Å²) in [7, 11) is 0. The van der Waals surface area contributed by atoms with Gasteiger partial charge in [-0.15, -0.1) is 0 Å². The van der Waals surface area contributed by atoms with Gasteiger partial charge in [-0.05, 0) is 55.2 Å². The first-order valence-electron chi connectivity index (χ1n) is 8.66. The topological polar surface area (TPSA) is 63.5 Å². The van der Waals surface area contributed by atoms with Gasteiger partial charge >= 0.3 is 0 Å². The van der Waals surface area contributed by atoms with Crippen LogP contribution in [0.2, 0.25) is 10.0 Å². The van der Waals surface area contributed by atoms with Crippen LogP contribution in [0.5, 0.6) is 0 Å². The van der Waals surface area contributed by atoms with Crippen molar-refractivity contribution in [2.45, 2.75) is 19.3 Å². The van der Waals surface area contributed by atoms with Crippen LogP contribution in [0.1, 0.15) is 35.2 Å². The summed E-state index contributed by atoms with van der Waals surface area (Å²) in [4.78, 5) is 25.5. The highest BCUT2D eigenvalue weighted by Gasteiger charge is 2.21. The summed E-state index contributed by atoms with van der Waals surface area (Å²) in [5.41, 5.74) is 1.59. The maximum absolute atomic E-state index is 12.3. The van der Waals surface area contributed by atoms with E-state index in [2.05, 4.69) is 0 Å². The third kappa shape index (κ3) is 4.67. The van der Waals surface area contributed by atoms with Gasteiger partial charge in [0.2, 0.25) is 0 Å². The Morgan fingerprint density at radius 3 is 2.48 bits per heavy atom. The van der Waals surface area contributed by atoms with Crippen LogP contribution in [-0.2, 0) is 0 Å². The van der Waals surface area contributed by atoms with Crippen molar-refractivity contribution >= 4 is 46.4 Å². The van der Waals surface area contributed by atoms with Gasteiger partial charge in [-0.1, -0.05) is 35.3 Å². The molecule has 1 aliphatic rings. The number of nitrogens with zero attached hydrogens (tertiary/aromatic N) is 2. The SMILES string of the molecule is O=C(C=Cc1ccc(N2CCCCC2)c([N+](=O)[O-])c1)c1ccc(Cl)cc1Cl. The highest BCUT2D eigenvalue weighted by molar-refractivity contribution is 6.37. The van der Waals surface area contributed by atoms with E-state index in [0.29, 0.717) is 21.8 Å². The molecule has 3 rings (SSSR count). The monoisotopic (exact) mass is 404 g/mol. The van der Waals surface area contributed by atoms with Gasteiger partial charge in [0.25, 0.3) is 5.69 Å². The molecule has 1 saturated heterocycles. The molecule has 0 atom stereocenters. The molecule has 0 spiro atoms. The lowest BCUT2D eigenvalue weighted by Gasteiger charge is -2.28. The number of anilines is 1. The predicted molar refractivity (Wildman–Crippen MR) is 109 cm³/mol. The van der Waals surface area contributed by atoms with E-state index >= 15 is 0 Å². The number of rotatable bonds is 5. The molecule has 27 heavy (non-hydrogen) atoms. The van der Waals surface area contributed by atoms with Gasteiger partial charge < -0.3 is 4.90 Å². The van der Waals surface area contributed by atoms with Gasteiger partial charge in [0, 0.05) is 29.7 Å². The number of piperidine rings is 1. The Bertz CT molecular complexity index is 906. The zero-order chi connectivity index (χ0) is 19.4. The van der Waals surface area contributed by atoms with Crippen LogP contribution in [-0.4, -0.2) is 23.8 Å². The van der Waals surface area contributed by atoms with Crippen molar-refractivity contribution in [1.82, 2.24) is 0 Å². The summed E-state index contributed by atoms with van der Waals surface area (Å²) in [5.74, 6) is -0.292. The summed E-state index contributed by atoms with van der Waals surface area (Å²) >= 11 is 11.9. The number of allylic oxidation sites excluding steroid dienone is 1. The molecule has 5 nitrogen and oxygen atoms in total. The Labute approximate surface area is 167 Å². The van der Waals surface area contributed by atoms with E-state index in [1.807, 2.05) is 4.90 Å². The van der Waals surface area contributed by atoms with Crippen LogP contribution in [0.3, 0.4) is 0 Å². The zero-order valence-corrected chi connectivity index (χ0v) is 16.0. The molecule has 0 bridgehead atoms. The molecule has 1 heterocycles. The van der Waals surface area contributed by atoms with Crippen LogP contribution >= 0.6 is 23.2 Å². The first kappa shape index (κ1) is 19.4. The highest BCUT2D eigenvalue weighted by Crippen LogP contribution is 2.31. The molecule has 0 amide bonds. The maximum Gasteiger partial charge on any atom is 0.293 e. The van der Waals surface area contributed by atoms with Crippen molar-refractivity contribution in [2.24, 2.45) is 0 Å². The standard InChI is InChI=1S/C20H18Cl2N2O3/c21-15-6-7-16(17(22)13-15)20(25)9-5-14-4-8-18(19(12-14)24(26)27)23-10-2-1-3-11-23/h4-9,12-13H,1-3,10-11H2. The number of nitro benzene ring substituents is 1. The Hall–Kier alpha value is -2.37. The summed E-state index contributed by atoms with van der Waals surface area (Å²) in [6.45, 7) is 1.65. The maximum atomic E-state index is 12.3. The number of carbonyl (C=O) groups is 1. The summed E-state index contributed by atoms with van der Waals surface area (Å²) in [6, 6.07) is 9.68. The van der Waals surface area contributed by atoms with Gasteiger partial charge in [0.1, 0.15) is 5.69 Å². The predicted octanol–water partition coefficient (Wildman–Crippen LogP) is 5.79. The molecule has 0 saturated carbocycles. The molecular formula is C20H18Cl2N2O3. The second-order valence-electron chi connectivity index (χ2n) is 6.37. The van der Waals surface area contributed by atoms with Crippen LogP contribution in [0.4, 0.5) is 11.4 Å². The minimum absolute atomic E-state index is 0.0519. The fourth-order valence-electron chi connectivity index (χ4n) is 3.14. The normalized spacial score (nSPS) is 14.5. The number of carbonyl (C=O) groups excluding carboxylic acids is 1. The van der Waals surface area contributed by atoms with E-state index in [4.69, 9.17) is 23.2 Å². The average Bonchev–Trinajstić information content (AvgIpc) is 2.66. The lowest BCUT2D eigenvalue weighted by molar-refractivity contribution is -0.384. The quantitative estimate of drug-likeness (QED) is 0.273. The van der Waals surface area contributed by atoms with E-state index < -0.39 is 0 Å². The van der Waals surface area contributed by atoms with Crippen molar-refractivity contribution in [3.8, 4) is 0 Å². The van der Waals surface area contributed by atoms with Gasteiger partial charge in [-0.25, -0.2) is 0 Å². The molecule has 2 aromatic carbocycles. The van der Waals surface area contributed by atoms with E-state index in [-0.39, 0.29) is 21.4 Å². The Kier molecular flexibility index (Phi) is 6.14. The molecule has 0 N–H and O–H groups in total. The second kappa shape index (κ2) is 8.55. The zero-order valence-electron chi connectivity index (χ0n) is 14.5. The minimum Gasteiger partial charge on any atom is -0.366 e. The number of benzene rings is 2. The van der Waals surface area contributed by atoms with Crippen molar-refractivity contribution in [1.29, 1.82) is 0 Å². The first-order chi connectivity index (χ1) is 13.0. The smallest absolute Gasteiger partial charge is 0.293 e. The first-order valence-corrected chi connectivity index (χ1v) is 9.42. The summed E-state index contributed by atoms with van der Waals surface area (Å²) in [5, 5.41) is 12.2. The molecule has 0 aromatic heterocycles. The number of hydrogen-bond acceptors (Lipinski definition) is 4. The summed E-state index contributed by atoms with van der Waals surface area (Å²) in [6.07, 6.45) is 6.14. The molecule has 140 valence electrons. The van der Waals surface area contributed by atoms with E-state index in [1.54, 1.807) is 30.3 Å². The third-order valence-corrected chi connectivity index (χ3v) is 5.06. The second-order valence-corrected chi connectivity index (χ2v) is 7.22. The largest absolute Gasteiger partial charge is 0.366 e. The van der Waals surface area contributed by atoms with Crippen LogP contribution in [0.15, 0.2) is 42.5 Å². The van der Waals surface area contributed by atoms with Gasteiger partial charge in [0.05, 0.1) is 9.95 Å². The van der Waals surface area contributed by atoms with Crippen molar-refractivity contribution in [3.63, 3.8) is 0 Å². The Morgan fingerprint density at radius 1 is 1.07 bits per heavy atom. The Morgan fingerprint density at radius 2 is 1.81 bits per heavy atom. The van der Waals surface area contributed by atoms with Gasteiger partial charge in [-0.3, -0.25) is 14.9 Å². The van der Waals surface area contributed by atoms with E-state index in [0.717, 1.165) is 32.4 Å². The van der Waals surface area contributed by atoms with E-state index in [1.165, 1.54) is 18.2 Å². The van der Waals surface area contributed by atoms with Crippen LogP contribution in [0, 0.1) is 10.1 Å². The number of halogens is 2.